The lowest BCUT2D eigenvalue weighted by atomic mass is 9.86. The molecule has 31 heavy (non-hydrogen) atoms. The molecule has 1 heterocycles. The quantitative estimate of drug-likeness (QED) is 0.513. The van der Waals surface area contributed by atoms with E-state index in [4.69, 9.17) is 5.73 Å². The Morgan fingerprint density at radius 2 is 1.77 bits per heavy atom. The van der Waals surface area contributed by atoms with E-state index >= 15 is 0 Å². The summed E-state index contributed by atoms with van der Waals surface area (Å²) in [6.07, 6.45) is 1.25. The molecule has 5 N–H and O–H groups in total. The molecule has 9 heteroatoms. The molecular formula is C22H33N5O4. The van der Waals surface area contributed by atoms with Gasteiger partial charge < -0.3 is 26.6 Å². The lowest BCUT2D eigenvalue weighted by Crippen LogP contribution is -2.54. The van der Waals surface area contributed by atoms with Crippen LogP contribution in [0.4, 0.5) is 4.79 Å². The van der Waals surface area contributed by atoms with Gasteiger partial charge in [0.1, 0.15) is 12.1 Å². The minimum absolute atomic E-state index is 0.129. The molecule has 0 aromatic heterocycles. The molecule has 1 aliphatic rings. The Hall–Kier alpha value is -3.10. The number of urea groups is 1. The first-order valence-electron chi connectivity index (χ1n) is 10.5. The molecule has 0 bridgehead atoms. The normalized spacial score (nSPS) is 18.1. The zero-order valence-electron chi connectivity index (χ0n) is 18.6. The minimum Gasteiger partial charge on any atom is -0.352 e. The third-order valence-electron chi connectivity index (χ3n) is 5.31. The predicted octanol–water partition coefficient (Wildman–Crippen LogP) is 1.05. The Balaban J connectivity index is 2.14. The number of nitrogens with one attached hydrogen (secondary N) is 3. The maximum atomic E-state index is 12.9. The van der Waals surface area contributed by atoms with E-state index in [1.54, 1.807) is 0 Å². The summed E-state index contributed by atoms with van der Waals surface area (Å²) < 4.78 is 0. The monoisotopic (exact) mass is 431 g/mol. The second-order valence-electron chi connectivity index (χ2n) is 8.91. The second-order valence-corrected chi connectivity index (χ2v) is 8.91. The summed E-state index contributed by atoms with van der Waals surface area (Å²) in [6.45, 7) is 7.53. The molecule has 1 aromatic carbocycles. The number of nitrogens with two attached hydrogens (primary N) is 1. The summed E-state index contributed by atoms with van der Waals surface area (Å²) in [7, 11) is 0. The third-order valence-corrected chi connectivity index (χ3v) is 5.31. The van der Waals surface area contributed by atoms with Gasteiger partial charge in [-0.2, -0.15) is 0 Å². The number of likely N-dealkylation sites (tertiary alicyclic amines) is 1. The molecule has 1 fully saturated rings. The average Bonchev–Trinajstić information content (AvgIpc) is 3.19. The van der Waals surface area contributed by atoms with Crippen molar-refractivity contribution in [3.05, 3.63) is 35.9 Å². The van der Waals surface area contributed by atoms with Crippen LogP contribution in [0, 0.1) is 5.41 Å². The summed E-state index contributed by atoms with van der Waals surface area (Å²) in [5.74, 6) is -0.943. The highest BCUT2D eigenvalue weighted by molar-refractivity contribution is 5.88. The van der Waals surface area contributed by atoms with Crippen LogP contribution in [0.1, 0.15) is 52.1 Å². The van der Waals surface area contributed by atoms with Crippen molar-refractivity contribution in [2.75, 3.05) is 13.1 Å². The topological polar surface area (TPSA) is 134 Å². The van der Waals surface area contributed by atoms with E-state index in [9.17, 15) is 19.2 Å². The number of rotatable bonds is 7. The van der Waals surface area contributed by atoms with Crippen molar-refractivity contribution in [2.45, 2.75) is 58.7 Å². The molecule has 0 aliphatic carbocycles. The highest BCUT2D eigenvalue weighted by atomic mass is 16.2. The number of benzene rings is 1. The molecule has 170 valence electrons. The smallest absolute Gasteiger partial charge is 0.315 e. The molecular weight excluding hydrogens is 398 g/mol. The highest BCUT2D eigenvalue weighted by Gasteiger charge is 2.35. The van der Waals surface area contributed by atoms with Crippen molar-refractivity contribution in [2.24, 2.45) is 11.1 Å². The first-order chi connectivity index (χ1) is 14.5. The molecule has 0 saturated carbocycles. The minimum atomic E-state index is -0.725. The highest BCUT2D eigenvalue weighted by Crippen LogP contribution is 2.21. The van der Waals surface area contributed by atoms with Crippen LogP contribution in [-0.4, -0.2) is 53.8 Å². The van der Waals surface area contributed by atoms with Crippen LogP contribution in [0.15, 0.2) is 30.3 Å². The van der Waals surface area contributed by atoms with Crippen LogP contribution < -0.4 is 21.7 Å². The van der Waals surface area contributed by atoms with E-state index in [1.165, 1.54) is 11.8 Å². The molecule has 1 saturated heterocycles. The maximum Gasteiger partial charge on any atom is 0.315 e. The van der Waals surface area contributed by atoms with Crippen LogP contribution >= 0.6 is 0 Å². The second kappa shape index (κ2) is 10.3. The van der Waals surface area contributed by atoms with E-state index in [0.717, 1.165) is 5.56 Å². The number of carbonyl (C=O) groups excluding carboxylic acids is 4. The number of amides is 5. The van der Waals surface area contributed by atoms with Gasteiger partial charge in [0.25, 0.3) is 0 Å². The molecule has 1 aromatic rings. The van der Waals surface area contributed by atoms with E-state index in [0.29, 0.717) is 19.4 Å². The molecule has 1 aliphatic heterocycles. The molecule has 5 amide bonds. The Kier molecular flexibility index (Phi) is 8.01. The van der Waals surface area contributed by atoms with E-state index in [-0.39, 0.29) is 24.3 Å². The lowest BCUT2D eigenvalue weighted by Gasteiger charge is -2.31. The van der Waals surface area contributed by atoms with Gasteiger partial charge in [-0.15, -0.1) is 0 Å². The van der Waals surface area contributed by atoms with Crippen LogP contribution in [0.2, 0.25) is 0 Å². The number of hydrogen-bond acceptors (Lipinski definition) is 4. The Labute approximate surface area is 183 Å². The fourth-order valence-corrected chi connectivity index (χ4v) is 3.69. The van der Waals surface area contributed by atoms with Crippen molar-refractivity contribution < 1.29 is 19.2 Å². The summed E-state index contributed by atoms with van der Waals surface area (Å²) in [4.78, 5) is 50.3. The SMILES string of the molecule is CC(=O)N[C@H](C(=O)NCC(NC(=O)[C@@H]1CCCN1C(N)=O)c1ccccc1)C(C)(C)C. The first-order valence-corrected chi connectivity index (χ1v) is 10.5. The van der Waals surface area contributed by atoms with Crippen molar-refractivity contribution in [1.29, 1.82) is 0 Å². The zero-order valence-corrected chi connectivity index (χ0v) is 18.6. The van der Waals surface area contributed by atoms with Gasteiger partial charge in [-0.3, -0.25) is 14.4 Å². The summed E-state index contributed by atoms with van der Waals surface area (Å²) in [5.41, 5.74) is 5.71. The van der Waals surface area contributed by atoms with Crippen molar-refractivity contribution in [3.63, 3.8) is 0 Å². The summed E-state index contributed by atoms with van der Waals surface area (Å²) in [6, 6.07) is 6.78. The van der Waals surface area contributed by atoms with Crippen LogP contribution in [0.3, 0.4) is 0 Å². The number of primary amides is 1. The Morgan fingerprint density at radius 3 is 2.32 bits per heavy atom. The lowest BCUT2D eigenvalue weighted by molar-refractivity contribution is -0.131. The van der Waals surface area contributed by atoms with Crippen molar-refractivity contribution in [1.82, 2.24) is 20.9 Å². The summed E-state index contributed by atoms with van der Waals surface area (Å²) >= 11 is 0. The number of hydrogen-bond donors (Lipinski definition) is 4. The molecule has 0 spiro atoms. The van der Waals surface area contributed by atoms with Gasteiger partial charge in [0.05, 0.1) is 6.04 Å². The Morgan fingerprint density at radius 1 is 1.13 bits per heavy atom. The van der Waals surface area contributed by atoms with Gasteiger partial charge >= 0.3 is 6.03 Å². The predicted molar refractivity (Wildman–Crippen MR) is 117 cm³/mol. The van der Waals surface area contributed by atoms with E-state index in [1.807, 2.05) is 51.1 Å². The standard InChI is InChI=1S/C22H33N5O4/c1-14(28)25-18(22(2,3)4)20(30)24-13-16(15-9-6-5-7-10-15)26-19(29)17-11-8-12-27(17)21(23)31/h5-7,9-10,16-18H,8,11-13H2,1-4H3,(H2,23,31)(H,24,30)(H,25,28)(H,26,29)/t16?,17-,18+/m0/s1. The molecule has 1 unspecified atom stereocenters. The average molecular weight is 432 g/mol. The van der Waals surface area contributed by atoms with Gasteiger partial charge in [0.2, 0.25) is 17.7 Å². The Bertz CT molecular complexity index is 806. The van der Waals surface area contributed by atoms with Gasteiger partial charge in [0.15, 0.2) is 0 Å². The maximum absolute atomic E-state index is 12.9. The van der Waals surface area contributed by atoms with Crippen molar-refractivity contribution >= 4 is 23.8 Å². The molecule has 9 nitrogen and oxygen atoms in total. The third kappa shape index (κ3) is 6.70. The molecule has 0 radical (unpaired) electrons. The van der Waals surface area contributed by atoms with Gasteiger partial charge in [-0.25, -0.2) is 4.79 Å². The number of carbonyl (C=O) groups is 4. The fraction of sp³-hybridized carbons (Fsp3) is 0.545. The van der Waals surface area contributed by atoms with E-state index < -0.39 is 29.6 Å². The van der Waals surface area contributed by atoms with Gasteiger partial charge in [0, 0.05) is 20.0 Å². The molecule has 2 rings (SSSR count). The fourth-order valence-electron chi connectivity index (χ4n) is 3.69. The van der Waals surface area contributed by atoms with Gasteiger partial charge in [-0.1, -0.05) is 51.1 Å². The van der Waals surface area contributed by atoms with Crippen LogP contribution in [0.5, 0.6) is 0 Å². The van der Waals surface area contributed by atoms with Crippen molar-refractivity contribution in [3.8, 4) is 0 Å². The summed E-state index contributed by atoms with van der Waals surface area (Å²) in [5, 5.41) is 8.48. The molecule has 3 atom stereocenters. The van der Waals surface area contributed by atoms with E-state index in [2.05, 4.69) is 16.0 Å². The first kappa shape index (κ1) is 24.2. The van der Waals surface area contributed by atoms with Crippen LogP contribution in [0.25, 0.3) is 0 Å². The largest absolute Gasteiger partial charge is 0.352 e. The number of nitrogens with zero attached hydrogens (tertiary/aromatic N) is 1. The van der Waals surface area contributed by atoms with Gasteiger partial charge in [-0.05, 0) is 23.8 Å². The van der Waals surface area contributed by atoms with Crippen LogP contribution in [-0.2, 0) is 14.4 Å². The zero-order chi connectivity index (χ0) is 23.2.